The Morgan fingerprint density at radius 1 is 1.33 bits per heavy atom. The standard InChI is InChI=1S/C16H24N2/c1-16(2)10-14(17)13-8-9-18(15(13)11-16)12-6-4-3-5-7-12/h3-4,8-9,12,14H,5-7,10-11,17H2,1-2H3. The van der Waals surface area contributed by atoms with E-state index in [2.05, 4.69) is 42.8 Å². The molecule has 2 N–H and O–H groups in total. The fraction of sp³-hybridized carbons (Fsp3) is 0.625. The van der Waals surface area contributed by atoms with Crippen molar-refractivity contribution < 1.29 is 0 Å². The lowest BCUT2D eigenvalue weighted by Crippen LogP contribution is -2.31. The van der Waals surface area contributed by atoms with Gasteiger partial charge in [0.05, 0.1) is 0 Å². The third-order valence-electron chi connectivity index (χ3n) is 4.51. The second-order valence-electron chi connectivity index (χ2n) is 6.71. The lowest BCUT2D eigenvalue weighted by Gasteiger charge is -2.36. The summed E-state index contributed by atoms with van der Waals surface area (Å²) in [4.78, 5) is 0. The highest BCUT2D eigenvalue weighted by Crippen LogP contribution is 2.41. The van der Waals surface area contributed by atoms with Gasteiger partial charge in [-0.15, -0.1) is 0 Å². The summed E-state index contributed by atoms with van der Waals surface area (Å²) in [5, 5.41) is 0. The van der Waals surface area contributed by atoms with Crippen LogP contribution in [0, 0.1) is 5.41 Å². The molecule has 2 heteroatoms. The lowest BCUT2D eigenvalue weighted by molar-refractivity contribution is 0.270. The highest BCUT2D eigenvalue weighted by atomic mass is 15.0. The largest absolute Gasteiger partial charge is 0.348 e. The molecule has 2 atom stereocenters. The summed E-state index contributed by atoms with van der Waals surface area (Å²) in [6.45, 7) is 4.68. The van der Waals surface area contributed by atoms with E-state index in [1.54, 1.807) is 0 Å². The van der Waals surface area contributed by atoms with Crippen LogP contribution in [0.1, 0.15) is 62.9 Å². The number of fused-ring (bicyclic) bond motifs is 1. The van der Waals surface area contributed by atoms with E-state index in [4.69, 9.17) is 5.73 Å². The predicted octanol–water partition coefficient (Wildman–Crippen LogP) is 3.74. The van der Waals surface area contributed by atoms with Gasteiger partial charge in [-0.2, -0.15) is 0 Å². The van der Waals surface area contributed by atoms with Gasteiger partial charge in [0, 0.05) is 24.0 Å². The maximum Gasteiger partial charge on any atom is 0.0370 e. The van der Waals surface area contributed by atoms with Gasteiger partial charge in [-0.1, -0.05) is 26.0 Å². The van der Waals surface area contributed by atoms with Gasteiger partial charge in [-0.05, 0) is 49.1 Å². The maximum absolute atomic E-state index is 6.34. The van der Waals surface area contributed by atoms with Crippen LogP contribution in [-0.4, -0.2) is 4.57 Å². The summed E-state index contributed by atoms with van der Waals surface area (Å²) >= 11 is 0. The molecule has 2 nitrogen and oxygen atoms in total. The van der Waals surface area contributed by atoms with E-state index in [-0.39, 0.29) is 6.04 Å². The summed E-state index contributed by atoms with van der Waals surface area (Å²) in [5.41, 5.74) is 9.57. The van der Waals surface area contributed by atoms with Gasteiger partial charge >= 0.3 is 0 Å². The van der Waals surface area contributed by atoms with Crippen LogP contribution in [0.15, 0.2) is 24.4 Å². The van der Waals surface area contributed by atoms with Gasteiger partial charge < -0.3 is 10.3 Å². The average molecular weight is 244 g/mol. The quantitative estimate of drug-likeness (QED) is 0.750. The van der Waals surface area contributed by atoms with E-state index in [9.17, 15) is 0 Å². The Morgan fingerprint density at radius 2 is 2.17 bits per heavy atom. The molecule has 0 spiro atoms. The molecule has 0 saturated heterocycles. The summed E-state index contributed by atoms with van der Waals surface area (Å²) in [6.07, 6.45) is 12.8. The summed E-state index contributed by atoms with van der Waals surface area (Å²) in [7, 11) is 0. The van der Waals surface area contributed by atoms with E-state index < -0.39 is 0 Å². The first-order valence-electron chi connectivity index (χ1n) is 7.17. The Balaban J connectivity index is 1.96. The number of nitrogens with two attached hydrogens (primary N) is 1. The van der Waals surface area contributed by atoms with Crippen LogP contribution >= 0.6 is 0 Å². The fourth-order valence-electron chi connectivity index (χ4n) is 3.63. The van der Waals surface area contributed by atoms with Crippen LogP contribution < -0.4 is 5.73 Å². The van der Waals surface area contributed by atoms with Crippen LogP contribution in [0.2, 0.25) is 0 Å². The van der Waals surface area contributed by atoms with Crippen LogP contribution in [0.25, 0.3) is 0 Å². The molecule has 0 aromatic carbocycles. The van der Waals surface area contributed by atoms with Crippen molar-refractivity contribution in [3.8, 4) is 0 Å². The minimum absolute atomic E-state index is 0.226. The Labute approximate surface area is 110 Å². The minimum atomic E-state index is 0.226. The normalized spacial score (nSPS) is 30.2. The molecule has 18 heavy (non-hydrogen) atoms. The minimum Gasteiger partial charge on any atom is -0.348 e. The number of allylic oxidation sites excluding steroid dienone is 2. The van der Waals surface area contributed by atoms with Crippen LogP contribution in [0.4, 0.5) is 0 Å². The molecule has 0 amide bonds. The summed E-state index contributed by atoms with van der Waals surface area (Å²) in [6, 6.07) is 3.14. The van der Waals surface area contributed by atoms with Gasteiger partial charge in [0.25, 0.3) is 0 Å². The van der Waals surface area contributed by atoms with Crippen molar-refractivity contribution in [3.05, 3.63) is 35.7 Å². The van der Waals surface area contributed by atoms with E-state index in [1.165, 1.54) is 36.9 Å². The molecule has 1 heterocycles. The molecular formula is C16H24N2. The number of rotatable bonds is 1. The van der Waals surface area contributed by atoms with Crippen molar-refractivity contribution in [2.75, 3.05) is 0 Å². The third kappa shape index (κ3) is 2.03. The van der Waals surface area contributed by atoms with Crippen molar-refractivity contribution >= 4 is 0 Å². The monoisotopic (exact) mass is 244 g/mol. The molecule has 98 valence electrons. The second-order valence-corrected chi connectivity index (χ2v) is 6.71. The van der Waals surface area contributed by atoms with Crippen molar-refractivity contribution in [3.63, 3.8) is 0 Å². The van der Waals surface area contributed by atoms with Crippen LogP contribution in [0.5, 0.6) is 0 Å². The number of aromatic nitrogens is 1. The molecule has 2 aliphatic carbocycles. The van der Waals surface area contributed by atoms with Gasteiger partial charge in [0.2, 0.25) is 0 Å². The van der Waals surface area contributed by atoms with Crippen molar-refractivity contribution in [2.24, 2.45) is 11.1 Å². The molecule has 2 aliphatic rings. The Kier molecular flexibility index (Phi) is 2.86. The topological polar surface area (TPSA) is 30.9 Å². The highest BCUT2D eigenvalue weighted by molar-refractivity contribution is 5.31. The highest BCUT2D eigenvalue weighted by Gasteiger charge is 2.33. The molecule has 1 aromatic heterocycles. The number of hydrogen-bond acceptors (Lipinski definition) is 1. The van der Waals surface area contributed by atoms with Crippen LogP contribution in [0.3, 0.4) is 0 Å². The first-order valence-corrected chi connectivity index (χ1v) is 7.17. The molecular weight excluding hydrogens is 220 g/mol. The first kappa shape index (κ1) is 12.0. The zero-order valence-electron chi connectivity index (χ0n) is 11.5. The van der Waals surface area contributed by atoms with E-state index in [1.807, 2.05) is 0 Å². The van der Waals surface area contributed by atoms with Crippen molar-refractivity contribution in [1.29, 1.82) is 0 Å². The van der Waals surface area contributed by atoms with Crippen molar-refractivity contribution in [1.82, 2.24) is 4.57 Å². The smallest absolute Gasteiger partial charge is 0.0370 e. The molecule has 1 aromatic rings. The molecule has 0 bridgehead atoms. The fourth-order valence-corrected chi connectivity index (χ4v) is 3.63. The van der Waals surface area contributed by atoms with Gasteiger partial charge in [0.1, 0.15) is 0 Å². The Morgan fingerprint density at radius 3 is 2.89 bits per heavy atom. The molecule has 0 saturated carbocycles. The van der Waals surface area contributed by atoms with E-state index >= 15 is 0 Å². The average Bonchev–Trinajstić information content (AvgIpc) is 2.72. The SMILES string of the molecule is CC1(C)Cc2c(ccn2C2CC=CCC2)C(N)C1. The molecule has 0 fully saturated rings. The maximum atomic E-state index is 6.34. The summed E-state index contributed by atoms with van der Waals surface area (Å²) in [5.74, 6) is 0. The van der Waals surface area contributed by atoms with Crippen molar-refractivity contribution in [2.45, 2.75) is 58.0 Å². The first-order chi connectivity index (χ1) is 8.57. The molecule has 0 aliphatic heterocycles. The molecule has 2 unspecified atom stereocenters. The van der Waals surface area contributed by atoms with E-state index in [0.29, 0.717) is 11.5 Å². The van der Waals surface area contributed by atoms with Crippen LogP contribution in [-0.2, 0) is 6.42 Å². The Hall–Kier alpha value is -1.02. The lowest BCUT2D eigenvalue weighted by atomic mass is 9.74. The second kappa shape index (κ2) is 4.27. The zero-order chi connectivity index (χ0) is 12.8. The Bertz CT molecular complexity index is 467. The summed E-state index contributed by atoms with van der Waals surface area (Å²) < 4.78 is 2.51. The predicted molar refractivity (Wildman–Crippen MR) is 75.5 cm³/mol. The molecule has 0 radical (unpaired) electrons. The van der Waals surface area contributed by atoms with Gasteiger partial charge in [-0.25, -0.2) is 0 Å². The van der Waals surface area contributed by atoms with E-state index in [0.717, 1.165) is 6.42 Å². The van der Waals surface area contributed by atoms with Gasteiger partial charge in [0.15, 0.2) is 0 Å². The third-order valence-corrected chi connectivity index (χ3v) is 4.51. The van der Waals surface area contributed by atoms with Gasteiger partial charge in [-0.3, -0.25) is 0 Å². The molecule has 3 rings (SSSR count). The number of nitrogens with zero attached hydrogens (tertiary/aromatic N) is 1. The zero-order valence-corrected chi connectivity index (χ0v) is 11.5. The number of hydrogen-bond donors (Lipinski definition) is 1.